The van der Waals surface area contributed by atoms with E-state index in [0.29, 0.717) is 13.1 Å². The van der Waals surface area contributed by atoms with Crippen molar-refractivity contribution in [3.63, 3.8) is 0 Å². The monoisotopic (exact) mass is 411 g/mol. The topological polar surface area (TPSA) is 54.0 Å². The maximum absolute atomic E-state index is 12.8. The normalized spacial score (nSPS) is 17.6. The number of piperidine rings is 1. The fourth-order valence-electron chi connectivity index (χ4n) is 4.17. The SMILES string of the molecule is CNCCC1CCN(CC(=O)N2CCc3cc(OC)c(OC)cc3C2)CC1.Cl. The third-order valence-corrected chi connectivity index (χ3v) is 5.94. The van der Waals surface area contributed by atoms with Gasteiger partial charge in [-0.05, 0) is 81.5 Å². The quantitative estimate of drug-likeness (QED) is 0.746. The van der Waals surface area contributed by atoms with Crippen LogP contribution >= 0.6 is 12.4 Å². The van der Waals surface area contributed by atoms with Gasteiger partial charge in [-0.2, -0.15) is 0 Å². The zero-order chi connectivity index (χ0) is 19.2. The molecule has 7 heteroatoms. The molecule has 158 valence electrons. The maximum atomic E-state index is 12.8. The summed E-state index contributed by atoms with van der Waals surface area (Å²) in [5.74, 6) is 2.53. The molecule has 2 heterocycles. The number of hydrogen-bond acceptors (Lipinski definition) is 5. The fraction of sp³-hybridized carbons (Fsp3) is 0.667. The summed E-state index contributed by atoms with van der Waals surface area (Å²) in [6, 6.07) is 4.06. The predicted octanol–water partition coefficient (Wildman–Crippen LogP) is 2.33. The minimum absolute atomic E-state index is 0. The Morgan fingerprint density at radius 2 is 1.75 bits per heavy atom. The van der Waals surface area contributed by atoms with Crippen LogP contribution < -0.4 is 14.8 Å². The van der Waals surface area contributed by atoms with E-state index in [1.54, 1.807) is 14.2 Å². The molecule has 1 aromatic carbocycles. The Labute approximate surface area is 175 Å². The van der Waals surface area contributed by atoms with E-state index < -0.39 is 0 Å². The lowest BCUT2D eigenvalue weighted by Crippen LogP contribution is -2.45. The molecular formula is C21H34ClN3O3. The Morgan fingerprint density at radius 1 is 1.11 bits per heavy atom. The molecule has 1 amide bonds. The van der Waals surface area contributed by atoms with Crippen LogP contribution in [0.5, 0.6) is 11.5 Å². The lowest BCUT2D eigenvalue weighted by atomic mass is 9.93. The molecule has 0 saturated carbocycles. The average molecular weight is 412 g/mol. The second-order valence-corrected chi connectivity index (χ2v) is 7.65. The van der Waals surface area contributed by atoms with Gasteiger partial charge in [0.1, 0.15) is 0 Å². The predicted molar refractivity (Wildman–Crippen MR) is 114 cm³/mol. The highest BCUT2D eigenvalue weighted by atomic mass is 35.5. The van der Waals surface area contributed by atoms with Crippen LogP contribution in [0.2, 0.25) is 0 Å². The standard InChI is InChI=1S/C21H33N3O3.ClH/c1-22-8-4-16-5-9-23(10-6-16)15-21(25)24-11-7-17-12-19(26-2)20(27-3)13-18(17)14-24;/h12-13,16,22H,4-11,14-15H2,1-3H3;1H. The van der Waals surface area contributed by atoms with Crippen LogP contribution in [-0.2, 0) is 17.8 Å². The molecule has 0 unspecified atom stereocenters. The van der Waals surface area contributed by atoms with Crippen molar-refractivity contribution < 1.29 is 14.3 Å². The summed E-state index contributed by atoms with van der Waals surface area (Å²) >= 11 is 0. The van der Waals surface area contributed by atoms with Crippen LogP contribution in [0, 0.1) is 5.92 Å². The van der Waals surface area contributed by atoms with E-state index in [1.165, 1.54) is 24.8 Å². The number of rotatable bonds is 7. The van der Waals surface area contributed by atoms with Crippen LogP contribution in [0.25, 0.3) is 0 Å². The highest BCUT2D eigenvalue weighted by Crippen LogP contribution is 2.33. The van der Waals surface area contributed by atoms with E-state index in [0.717, 1.165) is 55.6 Å². The van der Waals surface area contributed by atoms with Gasteiger partial charge in [0.15, 0.2) is 11.5 Å². The largest absolute Gasteiger partial charge is 0.493 e. The molecule has 0 aromatic heterocycles. The van der Waals surface area contributed by atoms with Gasteiger partial charge < -0.3 is 19.7 Å². The van der Waals surface area contributed by atoms with Crippen molar-refractivity contribution >= 4 is 18.3 Å². The number of likely N-dealkylation sites (tertiary alicyclic amines) is 1. The third-order valence-electron chi connectivity index (χ3n) is 5.94. The van der Waals surface area contributed by atoms with Gasteiger partial charge in [-0.3, -0.25) is 9.69 Å². The van der Waals surface area contributed by atoms with E-state index in [9.17, 15) is 4.79 Å². The molecular weight excluding hydrogens is 378 g/mol. The van der Waals surface area contributed by atoms with Crippen LogP contribution in [-0.4, -0.2) is 69.7 Å². The van der Waals surface area contributed by atoms with E-state index >= 15 is 0 Å². The number of nitrogens with one attached hydrogen (secondary N) is 1. The van der Waals surface area contributed by atoms with Gasteiger partial charge in [-0.15, -0.1) is 12.4 Å². The molecule has 1 aromatic rings. The first-order valence-corrected chi connectivity index (χ1v) is 10.0. The Kier molecular flexibility index (Phi) is 8.86. The van der Waals surface area contributed by atoms with Gasteiger partial charge >= 0.3 is 0 Å². The second-order valence-electron chi connectivity index (χ2n) is 7.65. The third kappa shape index (κ3) is 5.52. The summed E-state index contributed by atoms with van der Waals surface area (Å²) in [6.07, 6.45) is 4.52. The number of amides is 1. The number of carbonyl (C=O) groups is 1. The van der Waals surface area contributed by atoms with Crippen LogP contribution in [0.3, 0.4) is 0 Å². The molecule has 1 N–H and O–H groups in total. The first kappa shape index (κ1) is 22.8. The fourth-order valence-corrected chi connectivity index (χ4v) is 4.17. The first-order valence-electron chi connectivity index (χ1n) is 10.0. The lowest BCUT2D eigenvalue weighted by molar-refractivity contribution is -0.133. The zero-order valence-corrected chi connectivity index (χ0v) is 18.1. The Hall–Kier alpha value is -1.50. The summed E-state index contributed by atoms with van der Waals surface area (Å²) in [5.41, 5.74) is 2.42. The molecule has 3 rings (SSSR count). The Balaban J connectivity index is 0.00000280. The van der Waals surface area contributed by atoms with Gasteiger partial charge in [-0.1, -0.05) is 0 Å². The number of methoxy groups -OCH3 is 2. The van der Waals surface area contributed by atoms with E-state index in [-0.39, 0.29) is 18.3 Å². The molecule has 0 radical (unpaired) electrons. The molecule has 0 atom stereocenters. The number of fused-ring (bicyclic) bond motifs is 1. The van der Waals surface area contributed by atoms with Crippen molar-refractivity contribution in [3.05, 3.63) is 23.3 Å². The Morgan fingerprint density at radius 3 is 2.36 bits per heavy atom. The van der Waals surface area contributed by atoms with Crippen molar-refractivity contribution in [2.75, 3.05) is 54.0 Å². The Bertz CT molecular complexity index is 648. The first-order chi connectivity index (χ1) is 13.1. The average Bonchev–Trinajstić information content (AvgIpc) is 2.71. The minimum Gasteiger partial charge on any atom is -0.493 e. The van der Waals surface area contributed by atoms with Crippen LogP contribution in [0.1, 0.15) is 30.4 Å². The summed E-state index contributed by atoms with van der Waals surface area (Å²) in [6.45, 7) is 5.14. The van der Waals surface area contributed by atoms with Crippen LogP contribution in [0.15, 0.2) is 12.1 Å². The molecule has 0 spiro atoms. The number of ether oxygens (including phenoxy) is 2. The van der Waals surface area contributed by atoms with Gasteiger partial charge in [0.25, 0.3) is 0 Å². The molecule has 0 aliphatic carbocycles. The van der Waals surface area contributed by atoms with E-state index in [2.05, 4.69) is 10.2 Å². The number of halogens is 1. The van der Waals surface area contributed by atoms with E-state index in [1.807, 2.05) is 24.1 Å². The molecule has 0 bridgehead atoms. The van der Waals surface area contributed by atoms with Gasteiger partial charge in [0.2, 0.25) is 5.91 Å². The van der Waals surface area contributed by atoms with Crippen molar-refractivity contribution in [1.29, 1.82) is 0 Å². The number of nitrogens with zero attached hydrogens (tertiary/aromatic N) is 2. The van der Waals surface area contributed by atoms with Gasteiger partial charge in [0.05, 0.1) is 20.8 Å². The van der Waals surface area contributed by atoms with Crippen LogP contribution in [0.4, 0.5) is 0 Å². The summed E-state index contributed by atoms with van der Waals surface area (Å²) in [4.78, 5) is 17.1. The number of benzene rings is 1. The smallest absolute Gasteiger partial charge is 0.237 e. The highest BCUT2D eigenvalue weighted by Gasteiger charge is 2.26. The number of hydrogen-bond donors (Lipinski definition) is 1. The lowest BCUT2D eigenvalue weighted by Gasteiger charge is -2.35. The van der Waals surface area contributed by atoms with Crippen molar-refractivity contribution in [2.24, 2.45) is 5.92 Å². The van der Waals surface area contributed by atoms with Gasteiger partial charge in [0, 0.05) is 13.1 Å². The van der Waals surface area contributed by atoms with E-state index in [4.69, 9.17) is 9.47 Å². The minimum atomic E-state index is 0. The summed E-state index contributed by atoms with van der Waals surface area (Å²) in [7, 11) is 5.32. The zero-order valence-electron chi connectivity index (χ0n) is 17.3. The maximum Gasteiger partial charge on any atom is 0.237 e. The van der Waals surface area contributed by atoms with Crippen molar-refractivity contribution in [2.45, 2.75) is 32.2 Å². The molecule has 2 aliphatic rings. The van der Waals surface area contributed by atoms with Crippen molar-refractivity contribution in [1.82, 2.24) is 15.1 Å². The summed E-state index contributed by atoms with van der Waals surface area (Å²) < 4.78 is 10.8. The molecule has 28 heavy (non-hydrogen) atoms. The molecule has 2 aliphatic heterocycles. The van der Waals surface area contributed by atoms with Crippen molar-refractivity contribution in [3.8, 4) is 11.5 Å². The van der Waals surface area contributed by atoms with Gasteiger partial charge in [-0.25, -0.2) is 0 Å². The number of carbonyl (C=O) groups excluding carboxylic acids is 1. The molecule has 1 fully saturated rings. The molecule has 1 saturated heterocycles. The second kappa shape index (κ2) is 10.9. The summed E-state index contributed by atoms with van der Waals surface area (Å²) in [5, 5.41) is 3.23. The highest BCUT2D eigenvalue weighted by molar-refractivity contribution is 5.85. The molecule has 6 nitrogen and oxygen atoms in total.